The fourth-order valence-corrected chi connectivity index (χ4v) is 0.430. The molecule has 3 atom stereocenters. The first kappa shape index (κ1) is 5.23. The zero-order valence-electron chi connectivity index (χ0n) is 7.59. The van der Waals surface area contributed by atoms with Crippen LogP contribution >= 0.6 is 0 Å². The molecule has 0 rings (SSSR count). The fourth-order valence-electron chi connectivity index (χ4n) is 0.430. The van der Waals surface area contributed by atoms with Crippen LogP contribution < -0.4 is 5.73 Å². The van der Waals surface area contributed by atoms with Crippen LogP contribution in [0.15, 0.2) is 0 Å². The summed E-state index contributed by atoms with van der Waals surface area (Å²) in [5.74, 6) is -2.36. The predicted octanol–water partition coefficient (Wildman–Crippen LogP) is 0.444. The summed E-state index contributed by atoms with van der Waals surface area (Å²) >= 11 is 0. The van der Waals surface area contributed by atoms with E-state index in [4.69, 9.17) is 13.6 Å². The number of carbonyl (C=O) groups is 1. The largest absolute Gasteiger partial charge is 0.480 e. The highest BCUT2D eigenvalue weighted by atomic mass is 16.4. The van der Waals surface area contributed by atoms with Crippen LogP contribution in [-0.4, -0.2) is 17.1 Å². The molecule has 0 saturated heterocycles. The average molecular weight is 134 g/mol. The minimum atomic E-state index is -1.28. The van der Waals surface area contributed by atoms with Crippen molar-refractivity contribution in [2.45, 2.75) is 26.3 Å². The van der Waals surface area contributed by atoms with Crippen LogP contribution in [0.2, 0.25) is 0 Å². The number of aliphatic carboxylic acids is 1. The Bertz CT molecular complexity index is 155. The second kappa shape index (κ2) is 3.45. The van der Waals surface area contributed by atoms with Crippen LogP contribution in [0.25, 0.3) is 0 Å². The summed E-state index contributed by atoms with van der Waals surface area (Å²) < 4.78 is 14.6. The van der Waals surface area contributed by atoms with Gasteiger partial charge in [-0.3, -0.25) is 4.79 Å². The maximum absolute atomic E-state index is 10.3. The van der Waals surface area contributed by atoms with Crippen molar-refractivity contribution in [3.63, 3.8) is 0 Å². The third kappa shape index (κ3) is 3.97. The van der Waals surface area contributed by atoms with Gasteiger partial charge in [-0.1, -0.05) is 13.8 Å². The van der Waals surface area contributed by atoms with E-state index in [9.17, 15) is 4.79 Å². The summed E-state index contributed by atoms with van der Waals surface area (Å²) in [6.07, 6.45) is -1.10. The molecular formula is C6H13NO2. The summed E-state index contributed by atoms with van der Waals surface area (Å²) in [5.41, 5.74) is 5.14. The van der Waals surface area contributed by atoms with E-state index in [1.54, 1.807) is 0 Å². The molecule has 0 aliphatic rings. The van der Waals surface area contributed by atoms with Gasteiger partial charge in [0.2, 0.25) is 0 Å². The van der Waals surface area contributed by atoms with Crippen molar-refractivity contribution < 1.29 is 12.6 Å². The van der Waals surface area contributed by atoms with Gasteiger partial charge in [0, 0.05) is 2.74 Å². The first-order chi connectivity index (χ1) is 4.76. The van der Waals surface area contributed by atoms with E-state index >= 15 is 0 Å². The van der Waals surface area contributed by atoms with E-state index in [0.29, 0.717) is 0 Å². The molecule has 0 aromatic rings. The highest BCUT2D eigenvalue weighted by Crippen LogP contribution is 2.01. The van der Waals surface area contributed by atoms with E-state index in [0.717, 1.165) is 0 Å². The summed E-state index contributed by atoms with van der Waals surface area (Å²) in [4.78, 5) is 10.3. The molecule has 0 aromatic carbocycles. The van der Waals surface area contributed by atoms with Crippen LogP contribution in [0.4, 0.5) is 0 Å². The lowest BCUT2D eigenvalue weighted by atomic mass is 10.3. The Morgan fingerprint density at radius 2 is 2.44 bits per heavy atom. The smallest absolute Gasteiger partial charge is 0.320 e. The number of carboxylic acid groups (broad SMARTS) is 1. The van der Waals surface area contributed by atoms with Crippen LogP contribution in [0, 0.1) is 5.89 Å². The maximum atomic E-state index is 10.3. The summed E-state index contributed by atoms with van der Waals surface area (Å²) in [6.45, 7) is 2.93. The van der Waals surface area contributed by atoms with Crippen LogP contribution in [0.1, 0.15) is 23.0 Å². The Hall–Kier alpha value is -0.570. The summed E-state index contributed by atoms with van der Waals surface area (Å²) in [5, 5.41) is 8.39. The van der Waals surface area contributed by atoms with Crippen LogP contribution in [0.5, 0.6) is 0 Å². The van der Waals surface area contributed by atoms with Crippen molar-refractivity contribution in [2.75, 3.05) is 0 Å². The van der Waals surface area contributed by atoms with Gasteiger partial charge in [0.05, 0.1) is 0 Å². The standard InChI is InChI=1S/C6H13NO2/c1-4(2)3-5(7)6(8)9/h4-5H,3,7H2,1-2H3,(H,8,9)/t5-/m0/s1/i1+1,3+1D,4D,7-1/t3-,4?,5+/m1. The summed E-state index contributed by atoms with van der Waals surface area (Å²) in [6, 6.07) is -1.28. The maximum Gasteiger partial charge on any atom is 0.320 e. The Labute approximate surface area is 57.7 Å². The van der Waals surface area contributed by atoms with E-state index in [2.05, 4.69) is 0 Å². The first-order valence-corrected chi connectivity index (χ1v) is 2.67. The molecule has 0 heterocycles. The Morgan fingerprint density at radius 3 is 2.56 bits per heavy atom. The Kier molecular flexibility index (Phi) is 2.01. The van der Waals surface area contributed by atoms with Gasteiger partial charge in [-0.15, -0.1) is 0 Å². The summed E-state index contributed by atoms with van der Waals surface area (Å²) in [7, 11) is 0. The molecule has 3 nitrogen and oxygen atoms in total. The average Bonchev–Trinajstić information content (AvgIpc) is 1.82. The van der Waals surface area contributed by atoms with Gasteiger partial charge in [0.1, 0.15) is 6.04 Å². The van der Waals surface area contributed by atoms with E-state index in [1.807, 2.05) is 0 Å². The number of rotatable bonds is 3. The van der Waals surface area contributed by atoms with Crippen molar-refractivity contribution in [1.29, 1.82) is 0 Å². The molecule has 3 N–H and O–H groups in total. The van der Waals surface area contributed by atoms with Gasteiger partial charge in [-0.2, -0.15) is 0 Å². The predicted molar refractivity (Wildman–Crippen MR) is 35.1 cm³/mol. The zero-order chi connectivity index (χ0) is 9.23. The zero-order valence-corrected chi connectivity index (χ0v) is 5.59. The molecule has 1 unspecified atom stereocenters. The normalized spacial score (nSPS) is 27.0. The lowest BCUT2D eigenvalue weighted by Gasteiger charge is -2.07. The highest BCUT2D eigenvalue weighted by molar-refractivity contribution is 5.72. The van der Waals surface area contributed by atoms with Gasteiger partial charge in [0.15, 0.2) is 0 Å². The minimum absolute atomic E-state index is 1.10. The van der Waals surface area contributed by atoms with E-state index in [-0.39, 0.29) is 0 Å². The van der Waals surface area contributed by atoms with Crippen molar-refractivity contribution >= 4 is 5.97 Å². The minimum Gasteiger partial charge on any atom is -0.480 e. The number of hydrogen-bond acceptors (Lipinski definition) is 2. The molecule has 0 saturated carbocycles. The lowest BCUT2D eigenvalue weighted by Crippen LogP contribution is -2.31. The van der Waals surface area contributed by atoms with Gasteiger partial charge in [0.25, 0.3) is 0 Å². The van der Waals surface area contributed by atoms with Crippen molar-refractivity contribution in [3.05, 3.63) is 0 Å². The van der Waals surface area contributed by atoms with Gasteiger partial charge in [-0.25, -0.2) is 0 Å². The quantitative estimate of drug-likeness (QED) is 0.550. The highest BCUT2D eigenvalue weighted by Gasteiger charge is 2.11. The van der Waals surface area contributed by atoms with Crippen LogP contribution in [0.3, 0.4) is 0 Å². The Balaban J connectivity index is 4.25. The van der Waals surface area contributed by atoms with Crippen molar-refractivity contribution in [3.8, 4) is 0 Å². The third-order valence-electron chi connectivity index (χ3n) is 0.798. The molecular weight excluding hydrogens is 119 g/mol. The topological polar surface area (TPSA) is 63.3 Å². The van der Waals surface area contributed by atoms with Crippen molar-refractivity contribution in [2.24, 2.45) is 11.6 Å². The molecule has 0 radical (unpaired) electrons. The lowest BCUT2D eigenvalue weighted by molar-refractivity contribution is -0.138. The van der Waals surface area contributed by atoms with Crippen molar-refractivity contribution in [1.82, 2.24) is 0 Å². The molecule has 54 valence electrons. The molecule has 0 fully saturated rings. The molecule has 0 spiro atoms. The van der Waals surface area contributed by atoms with Crippen LogP contribution in [-0.2, 0) is 4.79 Å². The van der Waals surface area contributed by atoms with Gasteiger partial charge in [-0.05, 0) is 12.3 Å². The molecule has 0 aliphatic heterocycles. The Morgan fingerprint density at radius 1 is 2.00 bits per heavy atom. The number of hydrogen-bond donors (Lipinski definition) is 2. The molecule has 0 aliphatic carbocycles. The van der Waals surface area contributed by atoms with E-state index < -0.39 is 24.3 Å². The molecule has 0 bridgehead atoms. The van der Waals surface area contributed by atoms with Gasteiger partial charge < -0.3 is 10.8 Å². The SMILES string of the molecule is [2H][13C@@H]([C@H]([13NH2])C(=O)O)C([2H])(C)[13CH3]. The number of nitrogens with two attached hydrogens (primary N) is 1. The molecule has 0 amide bonds. The fraction of sp³-hybridized carbons (Fsp3) is 0.833. The monoisotopic (exact) mass is 134 g/mol. The second-order valence-electron chi connectivity index (χ2n) is 2.11. The first-order valence-electron chi connectivity index (χ1n) is 3.75. The van der Waals surface area contributed by atoms with E-state index in [1.165, 1.54) is 13.8 Å². The second-order valence-corrected chi connectivity index (χ2v) is 2.11. The van der Waals surface area contributed by atoms with Gasteiger partial charge >= 0.3 is 5.97 Å². The molecule has 3 heteroatoms. The molecule has 0 aromatic heterocycles. The molecule has 9 heavy (non-hydrogen) atoms. The third-order valence-corrected chi connectivity index (χ3v) is 0.798. The number of carboxylic acids is 1.